The van der Waals surface area contributed by atoms with Crippen molar-refractivity contribution in [2.24, 2.45) is 0 Å². The van der Waals surface area contributed by atoms with Gasteiger partial charge in [0.25, 0.3) is 5.17 Å². The van der Waals surface area contributed by atoms with E-state index >= 15 is 0 Å². The van der Waals surface area contributed by atoms with Crippen molar-refractivity contribution in [1.82, 2.24) is 0 Å². The van der Waals surface area contributed by atoms with Gasteiger partial charge in [0.15, 0.2) is 9.84 Å². The van der Waals surface area contributed by atoms with Crippen LogP contribution in [0.5, 0.6) is 0 Å². The van der Waals surface area contributed by atoms with Gasteiger partial charge in [0, 0.05) is 5.69 Å². The standard InChI is InChI=1S/C12H13NO3S2/c1-8-2-4-9(5-3-8)13-10-6-18(14,15)7-11(10)16-12(13)17/h2-5,10-11H,6-7H2,1H3/t10-,11+/m1/s1. The highest BCUT2D eigenvalue weighted by Crippen LogP contribution is 2.32. The minimum atomic E-state index is -3.00. The van der Waals surface area contributed by atoms with Crippen LogP contribution in [0, 0.1) is 6.92 Å². The maximum absolute atomic E-state index is 11.6. The van der Waals surface area contributed by atoms with E-state index < -0.39 is 9.84 Å². The van der Waals surface area contributed by atoms with E-state index in [4.69, 9.17) is 17.0 Å². The summed E-state index contributed by atoms with van der Waals surface area (Å²) in [6.45, 7) is 2.01. The van der Waals surface area contributed by atoms with Gasteiger partial charge >= 0.3 is 0 Å². The van der Waals surface area contributed by atoms with Gasteiger partial charge in [-0.1, -0.05) is 17.7 Å². The van der Waals surface area contributed by atoms with Crippen LogP contribution in [-0.4, -0.2) is 37.2 Å². The largest absolute Gasteiger partial charge is 0.464 e. The lowest BCUT2D eigenvalue weighted by Crippen LogP contribution is -2.36. The molecule has 2 aliphatic rings. The summed E-state index contributed by atoms with van der Waals surface area (Å²) < 4.78 is 28.8. The zero-order valence-electron chi connectivity index (χ0n) is 9.87. The summed E-state index contributed by atoms with van der Waals surface area (Å²) in [6.07, 6.45) is -0.316. The zero-order valence-corrected chi connectivity index (χ0v) is 11.5. The smallest absolute Gasteiger partial charge is 0.264 e. The molecule has 0 N–H and O–H groups in total. The number of hydrogen-bond donors (Lipinski definition) is 0. The number of aryl methyl sites for hydroxylation is 1. The Morgan fingerprint density at radius 2 is 1.94 bits per heavy atom. The van der Waals surface area contributed by atoms with E-state index in [1.165, 1.54) is 0 Å². The maximum atomic E-state index is 11.6. The molecular formula is C12H13NO3S2. The Bertz CT molecular complexity index is 594. The molecule has 2 aliphatic heterocycles. The monoisotopic (exact) mass is 283 g/mol. The predicted octanol–water partition coefficient (Wildman–Crippen LogP) is 1.28. The minimum Gasteiger partial charge on any atom is -0.464 e. The molecule has 1 aromatic carbocycles. The Labute approximate surface area is 111 Å². The van der Waals surface area contributed by atoms with Gasteiger partial charge in [-0.2, -0.15) is 0 Å². The number of anilines is 1. The number of hydrogen-bond acceptors (Lipinski definition) is 4. The van der Waals surface area contributed by atoms with Crippen molar-refractivity contribution >= 4 is 32.9 Å². The van der Waals surface area contributed by atoms with E-state index in [1.54, 1.807) is 0 Å². The van der Waals surface area contributed by atoms with Gasteiger partial charge in [-0.05, 0) is 31.3 Å². The van der Waals surface area contributed by atoms with E-state index in [2.05, 4.69) is 0 Å². The average molecular weight is 283 g/mol. The number of ether oxygens (including phenoxy) is 1. The highest BCUT2D eigenvalue weighted by Gasteiger charge is 2.49. The third kappa shape index (κ3) is 1.89. The Balaban J connectivity index is 1.96. The molecule has 1 aromatic rings. The summed E-state index contributed by atoms with van der Waals surface area (Å²) in [5, 5.41) is 0.378. The molecule has 18 heavy (non-hydrogen) atoms. The van der Waals surface area contributed by atoms with Crippen molar-refractivity contribution in [1.29, 1.82) is 0 Å². The van der Waals surface area contributed by atoms with Gasteiger partial charge in [-0.3, -0.25) is 4.90 Å². The molecule has 2 fully saturated rings. The highest BCUT2D eigenvalue weighted by molar-refractivity contribution is 7.91. The second kappa shape index (κ2) is 3.93. The summed E-state index contributed by atoms with van der Waals surface area (Å²) in [4.78, 5) is 1.82. The Hall–Kier alpha value is -1.14. The Morgan fingerprint density at radius 1 is 1.28 bits per heavy atom. The van der Waals surface area contributed by atoms with Crippen LogP contribution in [0.2, 0.25) is 0 Å². The Kier molecular flexibility index (Phi) is 2.60. The summed E-state index contributed by atoms with van der Waals surface area (Å²) in [6, 6.07) is 7.67. The summed E-state index contributed by atoms with van der Waals surface area (Å²) in [7, 11) is -3.00. The molecule has 96 valence electrons. The van der Waals surface area contributed by atoms with Crippen LogP contribution in [0.1, 0.15) is 5.56 Å². The lowest BCUT2D eigenvalue weighted by atomic mass is 10.1. The fraction of sp³-hybridized carbons (Fsp3) is 0.417. The fourth-order valence-electron chi connectivity index (χ4n) is 2.47. The van der Waals surface area contributed by atoms with Gasteiger partial charge < -0.3 is 4.74 Å². The van der Waals surface area contributed by atoms with Crippen molar-refractivity contribution in [2.45, 2.75) is 19.1 Å². The van der Waals surface area contributed by atoms with Crippen LogP contribution < -0.4 is 4.90 Å². The van der Waals surface area contributed by atoms with E-state index in [9.17, 15) is 8.42 Å². The first kappa shape index (κ1) is 11.9. The van der Waals surface area contributed by atoms with Crippen molar-refractivity contribution in [3.63, 3.8) is 0 Å². The van der Waals surface area contributed by atoms with Gasteiger partial charge in [0.05, 0.1) is 17.5 Å². The first-order valence-corrected chi connectivity index (χ1v) is 7.96. The van der Waals surface area contributed by atoms with Crippen molar-refractivity contribution < 1.29 is 13.2 Å². The van der Waals surface area contributed by atoms with Crippen LogP contribution in [-0.2, 0) is 14.6 Å². The first-order valence-electron chi connectivity index (χ1n) is 5.73. The number of sulfone groups is 1. The van der Waals surface area contributed by atoms with E-state index in [0.717, 1.165) is 11.3 Å². The second-order valence-corrected chi connectivity index (χ2v) is 7.28. The SMILES string of the molecule is Cc1ccc(N2C(=S)O[C@H]3CS(=O)(=O)C[C@H]32)cc1. The topological polar surface area (TPSA) is 46.6 Å². The van der Waals surface area contributed by atoms with Crippen LogP contribution in [0.25, 0.3) is 0 Å². The number of fused-ring (bicyclic) bond motifs is 1. The molecule has 0 aliphatic carbocycles. The summed E-state index contributed by atoms with van der Waals surface area (Å²) in [5.41, 5.74) is 2.05. The number of benzene rings is 1. The van der Waals surface area contributed by atoms with Crippen molar-refractivity contribution in [2.75, 3.05) is 16.4 Å². The lowest BCUT2D eigenvalue weighted by molar-refractivity contribution is 0.244. The molecule has 0 amide bonds. The maximum Gasteiger partial charge on any atom is 0.264 e. The molecule has 0 radical (unpaired) electrons. The quantitative estimate of drug-likeness (QED) is 0.727. The zero-order chi connectivity index (χ0) is 12.9. The highest BCUT2D eigenvalue weighted by atomic mass is 32.2. The van der Waals surface area contributed by atoms with E-state index in [1.807, 2.05) is 36.1 Å². The van der Waals surface area contributed by atoms with Gasteiger partial charge in [-0.25, -0.2) is 8.42 Å². The third-order valence-corrected chi connectivity index (χ3v) is 5.34. The van der Waals surface area contributed by atoms with Gasteiger partial charge in [-0.15, -0.1) is 0 Å². The molecule has 2 heterocycles. The molecule has 0 aromatic heterocycles. The molecule has 2 atom stereocenters. The van der Waals surface area contributed by atoms with E-state index in [-0.39, 0.29) is 23.7 Å². The van der Waals surface area contributed by atoms with Crippen molar-refractivity contribution in [3.8, 4) is 0 Å². The molecule has 6 heteroatoms. The van der Waals surface area contributed by atoms with Crippen LogP contribution in [0.4, 0.5) is 5.69 Å². The normalized spacial score (nSPS) is 29.2. The van der Waals surface area contributed by atoms with Crippen LogP contribution in [0.15, 0.2) is 24.3 Å². The third-order valence-electron chi connectivity index (χ3n) is 3.36. The second-order valence-electron chi connectivity index (χ2n) is 4.77. The lowest BCUT2D eigenvalue weighted by Gasteiger charge is -2.21. The summed E-state index contributed by atoms with van der Waals surface area (Å²) in [5.74, 6) is 0.186. The van der Waals surface area contributed by atoms with Gasteiger partial charge in [0.1, 0.15) is 6.10 Å². The average Bonchev–Trinajstić information content (AvgIpc) is 2.70. The molecule has 0 unspecified atom stereocenters. The van der Waals surface area contributed by atoms with E-state index in [0.29, 0.717) is 5.17 Å². The minimum absolute atomic E-state index is 0.0696. The molecule has 0 spiro atoms. The van der Waals surface area contributed by atoms with Crippen LogP contribution in [0.3, 0.4) is 0 Å². The Morgan fingerprint density at radius 3 is 2.61 bits per heavy atom. The number of rotatable bonds is 1. The molecular weight excluding hydrogens is 270 g/mol. The number of nitrogens with zero attached hydrogens (tertiary/aromatic N) is 1. The van der Waals surface area contributed by atoms with Gasteiger partial charge in [0.2, 0.25) is 0 Å². The molecule has 2 saturated heterocycles. The molecule has 0 saturated carbocycles. The van der Waals surface area contributed by atoms with Crippen molar-refractivity contribution in [3.05, 3.63) is 29.8 Å². The molecule has 4 nitrogen and oxygen atoms in total. The first-order chi connectivity index (χ1) is 8.46. The summed E-state index contributed by atoms with van der Waals surface area (Å²) >= 11 is 5.19. The number of thiocarbonyl (C=S) groups is 1. The fourth-order valence-corrected chi connectivity index (χ4v) is 4.65. The molecule has 3 rings (SSSR count). The van der Waals surface area contributed by atoms with Crippen LogP contribution >= 0.6 is 12.2 Å². The molecule has 0 bridgehead atoms. The predicted molar refractivity (Wildman–Crippen MR) is 73.6 cm³/mol.